The fourth-order valence-corrected chi connectivity index (χ4v) is 2.31. The van der Waals surface area contributed by atoms with Gasteiger partial charge in [0.25, 0.3) is 0 Å². The zero-order valence-electron chi connectivity index (χ0n) is 12.7. The number of ether oxygens (including phenoxy) is 2. The van der Waals surface area contributed by atoms with Crippen molar-refractivity contribution >= 4 is 30.3 Å². The van der Waals surface area contributed by atoms with Crippen LogP contribution in [0.5, 0.6) is 0 Å². The van der Waals surface area contributed by atoms with Gasteiger partial charge in [-0.15, -0.1) is 12.6 Å². The van der Waals surface area contributed by atoms with Crippen LogP contribution >= 0.6 is 12.6 Å². The predicted octanol–water partition coefficient (Wildman–Crippen LogP) is 2.09. The number of rotatable bonds is 4. The molecule has 0 fully saturated rings. The summed E-state index contributed by atoms with van der Waals surface area (Å²) in [7, 11) is 2.45. The van der Waals surface area contributed by atoms with Gasteiger partial charge in [0.1, 0.15) is 0 Å². The molecule has 0 saturated carbocycles. The molecule has 1 aromatic carbocycles. The Morgan fingerprint density at radius 1 is 0.870 bits per heavy atom. The third-order valence-electron chi connectivity index (χ3n) is 3.18. The van der Waals surface area contributed by atoms with E-state index in [2.05, 4.69) is 17.4 Å². The summed E-state index contributed by atoms with van der Waals surface area (Å²) < 4.78 is 10.8. The van der Waals surface area contributed by atoms with Crippen LogP contribution in [0.2, 0.25) is 0 Å². The molecule has 0 N–H and O–H groups in total. The first kappa shape index (κ1) is 16.8. The van der Waals surface area contributed by atoms with Gasteiger partial charge in [-0.1, -0.05) is 30.3 Å². The summed E-state index contributed by atoms with van der Waals surface area (Å²) in [5.74, 6) is -1.40. The van der Waals surface area contributed by atoms with E-state index in [1.807, 2.05) is 42.5 Å². The molecule has 0 saturated heterocycles. The van der Waals surface area contributed by atoms with Crippen LogP contribution < -0.4 is 4.57 Å². The first-order valence-corrected chi connectivity index (χ1v) is 7.20. The lowest BCUT2D eigenvalue weighted by Crippen LogP contribution is -2.38. The smallest absolute Gasteiger partial charge is 0.405 e. The van der Waals surface area contributed by atoms with Crippen molar-refractivity contribution < 1.29 is 23.6 Å². The third-order valence-corrected chi connectivity index (χ3v) is 3.57. The van der Waals surface area contributed by atoms with Crippen molar-refractivity contribution in [3.63, 3.8) is 0 Å². The van der Waals surface area contributed by atoms with E-state index in [1.165, 1.54) is 18.8 Å². The largest absolute Gasteiger partial charge is 0.465 e. The maximum absolute atomic E-state index is 12.0. The molecule has 0 amide bonds. The molecule has 2 rings (SSSR count). The Kier molecular flexibility index (Phi) is 5.54. The number of thiol groups is 1. The Hall–Kier alpha value is -2.60. The fraction of sp³-hybridized carbons (Fsp3) is 0.118. The molecule has 1 heterocycles. The molecule has 0 spiro atoms. The Morgan fingerprint density at radius 3 is 1.91 bits per heavy atom. The van der Waals surface area contributed by atoms with Gasteiger partial charge in [-0.3, -0.25) is 0 Å². The summed E-state index contributed by atoms with van der Waals surface area (Å²) in [5.41, 5.74) is 2.01. The molecule has 0 atom stereocenters. The SMILES string of the molecule is COC(=O)/C(S)=C(\C(=O)OC)[n+]1ccc(-c2ccccc2)cc1. The highest BCUT2D eigenvalue weighted by Gasteiger charge is 2.29. The average molecular weight is 330 g/mol. The molecule has 0 bridgehead atoms. The summed E-state index contributed by atoms with van der Waals surface area (Å²) in [4.78, 5) is 23.5. The molecule has 0 radical (unpaired) electrons. The fourth-order valence-electron chi connectivity index (χ4n) is 2.01. The maximum atomic E-state index is 12.0. The molecule has 5 nitrogen and oxygen atoms in total. The van der Waals surface area contributed by atoms with E-state index in [4.69, 9.17) is 4.74 Å². The van der Waals surface area contributed by atoms with E-state index in [-0.39, 0.29) is 10.6 Å². The quantitative estimate of drug-likeness (QED) is 0.404. The van der Waals surface area contributed by atoms with Crippen LogP contribution in [0.1, 0.15) is 0 Å². The van der Waals surface area contributed by atoms with Crippen molar-refractivity contribution in [3.8, 4) is 11.1 Å². The number of aromatic nitrogens is 1. The predicted molar refractivity (Wildman–Crippen MR) is 88.3 cm³/mol. The standard InChI is InChI=1S/C17H15NO4S/c1-21-16(19)14(15(23)17(20)22-2)18-10-8-13(9-11-18)12-6-4-3-5-7-12/h3-11H,1-2H3/p+1. The molecule has 23 heavy (non-hydrogen) atoms. The van der Waals surface area contributed by atoms with Gasteiger partial charge in [0.15, 0.2) is 17.3 Å². The van der Waals surface area contributed by atoms with E-state index in [0.717, 1.165) is 11.1 Å². The lowest BCUT2D eigenvalue weighted by atomic mass is 10.1. The molecular weight excluding hydrogens is 314 g/mol. The van der Waals surface area contributed by atoms with Crippen molar-refractivity contribution in [3.05, 3.63) is 59.8 Å². The van der Waals surface area contributed by atoms with Crippen LogP contribution in [0.4, 0.5) is 0 Å². The van der Waals surface area contributed by atoms with E-state index in [1.54, 1.807) is 12.4 Å². The number of hydrogen-bond acceptors (Lipinski definition) is 5. The van der Waals surface area contributed by atoms with Gasteiger partial charge in [0, 0.05) is 12.1 Å². The van der Waals surface area contributed by atoms with Gasteiger partial charge in [-0.25, -0.2) is 9.59 Å². The molecule has 118 valence electrons. The number of hydrogen-bond donors (Lipinski definition) is 1. The highest BCUT2D eigenvalue weighted by atomic mass is 32.1. The number of esters is 2. The van der Waals surface area contributed by atoms with Crippen LogP contribution in [0.25, 0.3) is 16.8 Å². The molecule has 1 aromatic heterocycles. The summed E-state index contributed by atoms with van der Waals surface area (Å²) in [5, 5.41) is 0. The van der Waals surface area contributed by atoms with Crippen molar-refractivity contribution in [2.24, 2.45) is 0 Å². The van der Waals surface area contributed by atoms with E-state index < -0.39 is 11.9 Å². The van der Waals surface area contributed by atoms with Crippen LogP contribution in [-0.4, -0.2) is 26.2 Å². The first-order valence-electron chi connectivity index (χ1n) is 6.75. The van der Waals surface area contributed by atoms with E-state index in [0.29, 0.717) is 0 Å². The Balaban J connectivity index is 2.45. The minimum Gasteiger partial charge on any atom is -0.465 e. The topological polar surface area (TPSA) is 56.5 Å². The van der Waals surface area contributed by atoms with Crippen LogP contribution in [0.15, 0.2) is 59.8 Å². The number of pyridine rings is 1. The minimum atomic E-state index is -0.714. The number of carbonyl (C=O) groups excluding carboxylic acids is 2. The maximum Gasteiger partial charge on any atom is 0.405 e. The Labute approximate surface area is 139 Å². The molecule has 0 aliphatic carbocycles. The summed E-state index contributed by atoms with van der Waals surface area (Å²) in [6.07, 6.45) is 3.32. The number of nitrogens with zero attached hydrogens (tertiary/aromatic N) is 1. The zero-order valence-corrected chi connectivity index (χ0v) is 13.6. The van der Waals surface area contributed by atoms with Gasteiger partial charge < -0.3 is 9.47 Å². The number of methoxy groups -OCH3 is 2. The summed E-state index contributed by atoms with van der Waals surface area (Å²) >= 11 is 4.08. The first-order chi connectivity index (χ1) is 11.1. The molecule has 0 aliphatic heterocycles. The second-order valence-electron chi connectivity index (χ2n) is 4.54. The van der Waals surface area contributed by atoms with Gasteiger partial charge in [0.05, 0.1) is 14.2 Å². The third kappa shape index (κ3) is 3.78. The van der Waals surface area contributed by atoms with Gasteiger partial charge in [-0.05, 0) is 11.1 Å². The normalized spacial score (nSPS) is 11.4. The van der Waals surface area contributed by atoms with E-state index >= 15 is 0 Å². The number of carbonyl (C=O) groups is 2. The van der Waals surface area contributed by atoms with Gasteiger partial charge in [0.2, 0.25) is 0 Å². The highest BCUT2D eigenvalue weighted by molar-refractivity contribution is 7.85. The van der Waals surface area contributed by atoms with Crippen molar-refractivity contribution in [2.75, 3.05) is 14.2 Å². The van der Waals surface area contributed by atoms with Crippen LogP contribution in [0, 0.1) is 0 Å². The van der Waals surface area contributed by atoms with E-state index in [9.17, 15) is 9.59 Å². The van der Waals surface area contributed by atoms with Crippen molar-refractivity contribution in [1.29, 1.82) is 0 Å². The van der Waals surface area contributed by atoms with Crippen molar-refractivity contribution in [1.82, 2.24) is 0 Å². The van der Waals surface area contributed by atoms with Gasteiger partial charge in [-0.2, -0.15) is 4.57 Å². The second-order valence-corrected chi connectivity index (χ2v) is 4.99. The Bertz CT molecular complexity index is 739. The molecule has 6 heteroatoms. The molecule has 0 aliphatic rings. The number of benzene rings is 1. The lowest BCUT2D eigenvalue weighted by molar-refractivity contribution is -0.578. The van der Waals surface area contributed by atoms with Crippen LogP contribution in [0.3, 0.4) is 0 Å². The lowest BCUT2D eigenvalue weighted by Gasteiger charge is -2.05. The molecule has 0 unspecified atom stereocenters. The second kappa shape index (κ2) is 7.60. The monoisotopic (exact) mass is 330 g/mol. The van der Waals surface area contributed by atoms with Crippen LogP contribution in [-0.2, 0) is 19.1 Å². The molecule has 2 aromatic rings. The minimum absolute atomic E-state index is 0.0118. The van der Waals surface area contributed by atoms with Gasteiger partial charge >= 0.3 is 17.6 Å². The zero-order chi connectivity index (χ0) is 16.8. The summed E-state index contributed by atoms with van der Waals surface area (Å²) in [6.45, 7) is 0. The molecular formula is C17H16NO4S+. The Morgan fingerprint density at radius 2 is 1.39 bits per heavy atom. The summed E-state index contributed by atoms with van der Waals surface area (Å²) in [6, 6.07) is 13.4. The van der Waals surface area contributed by atoms with Crippen molar-refractivity contribution in [2.45, 2.75) is 0 Å². The average Bonchev–Trinajstić information content (AvgIpc) is 2.62. The highest BCUT2D eigenvalue weighted by Crippen LogP contribution is 2.18.